The van der Waals surface area contributed by atoms with Gasteiger partial charge < -0.3 is 0 Å². The van der Waals surface area contributed by atoms with Gasteiger partial charge in [-0.3, -0.25) is 19.8 Å². The molecule has 6 rings (SSSR count). The van der Waals surface area contributed by atoms with Crippen LogP contribution in [0, 0.1) is 35.5 Å². The molecule has 1 heterocycles. The topological polar surface area (TPSA) is 66.5 Å². The highest BCUT2D eigenvalue weighted by Crippen LogP contribution is 2.65. The van der Waals surface area contributed by atoms with Crippen molar-refractivity contribution >= 4 is 40.9 Å². The minimum atomic E-state index is -0.590. The molecule has 128 valence electrons. The van der Waals surface area contributed by atoms with Crippen molar-refractivity contribution in [3.63, 3.8) is 0 Å². The van der Waals surface area contributed by atoms with Crippen LogP contribution in [0.25, 0.3) is 0 Å². The molecule has 1 saturated heterocycles. The number of hydrogen-bond donors (Lipinski definition) is 1. The van der Waals surface area contributed by atoms with Gasteiger partial charge in [0, 0.05) is 5.02 Å². The van der Waals surface area contributed by atoms with Crippen molar-refractivity contribution < 1.29 is 14.4 Å². The van der Waals surface area contributed by atoms with Crippen molar-refractivity contribution in [2.75, 3.05) is 0 Å². The lowest BCUT2D eigenvalue weighted by Gasteiger charge is -2.37. The monoisotopic (exact) mass is 376 g/mol. The zero-order valence-corrected chi connectivity index (χ0v) is 14.5. The van der Waals surface area contributed by atoms with E-state index >= 15 is 0 Å². The Bertz CT molecular complexity index is 832. The fraction of sp³-hybridized carbons (Fsp3) is 0.389. The molecule has 2 bridgehead atoms. The average Bonchev–Trinajstić information content (AvgIpc) is 3.36. The summed E-state index contributed by atoms with van der Waals surface area (Å²) in [6.45, 7) is 0. The summed E-state index contributed by atoms with van der Waals surface area (Å²) in [4.78, 5) is 38.1. The summed E-state index contributed by atoms with van der Waals surface area (Å²) in [5.41, 5.74) is 2.62. The SMILES string of the molecule is O=C(NN1C(=O)[C@@H]2[C@H]3C=C[C@@H]([C@@H]4C[C@@H]34)[C@@H]2C1=O)c1ccc(Cl)cc1Cl. The summed E-state index contributed by atoms with van der Waals surface area (Å²) in [6, 6.07) is 4.45. The number of imide groups is 1. The van der Waals surface area contributed by atoms with E-state index in [1.54, 1.807) is 0 Å². The smallest absolute Gasteiger partial charge is 0.271 e. The number of nitrogens with zero attached hydrogens (tertiary/aromatic N) is 1. The van der Waals surface area contributed by atoms with Gasteiger partial charge in [-0.2, -0.15) is 5.01 Å². The number of hydrazine groups is 1. The van der Waals surface area contributed by atoms with E-state index in [2.05, 4.69) is 17.6 Å². The predicted molar refractivity (Wildman–Crippen MR) is 90.5 cm³/mol. The molecule has 25 heavy (non-hydrogen) atoms. The van der Waals surface area contributed by atoms with E-state index in [1.165, 1.54) is 18.2 Å². The van der Waals surface area contributed by atoms with Crippen molar-refractivity contribution in [2.24, 2.45) is 35.5 Å². The Hall–Kier alpha value is -1.85. The molecule has 2 saturated carbocycles. The van der Waals surface area contributed by atoms with Gasteiger partial charge >= 0.3 is 0 Å². The van der Waals surface area contributed by atoms with Gasteiger partial charge in [-0.05, 0) is 48.3 Å². The van der Waals surface area contributed by atoms with Gasteiger partial charge in [0.1, 0.15) is 0 Å². The maximum atomic E-state index is 12.8. The number of halogens is 2. The maximum absolute atomic E-state index is 12.8. The fourth-order valence-electron chi connectivity index (χ4n) is 4.90. The van der Waals surface area contributed by atoms with Gasteiger partial charge in [0.25, 0.3) is 17.7 Å². The Labute approximate surface area is 153 Å². The van der Waals surface area contributed by atoms with Crippen LogP contribution in [0.15, 0.2) is 30.4 Å². The van der Waals surface area contributed by atoms with Crippen LogP contribution >= 0.6 is 23.2 Å². The first-order valence-electron chi connectivity index (χ1n) is 8.29. The number of benzene rings is 1. The van der Waals surface area contributed by atoms with E-state index in [1.807, 2.05) is 0 Å². The van der Waals surface area contributed by atoms with Crippen molar-refractivity contribution in [1.82, 2.24) is 10.4 Å². The molecular formula is C18H14Cl2N2O3. The van der Waals surface area contributed by atoms with Crippen molar-refractivity contribution in [2.45, 2.75) is 6.42 Å². The molecule has 4 aliphatic carbocycles. The predicted octanol–water partition coefficient (Wildman–Crippen LogP) is 2.69. The summed E-state index contributed by atoms with van der Waals surface area (Å²) in [7, 11) is 0. The lowest BCUT2D eigenvalue weighted by atomic mass is 9.63. The van der Waals surface area contributed by atoms with Crippen molar-refractivity contribution in [1.29, 1.82) is 0 Å². The molecule has 7 heteroatoms. The molecule has 3 amide bonds. The molecule has 1 N–H and O–H groups in total. The molecule has 1 aromatic carbocycles. The first-order valence-corrected chi connectivity index (χ1v) is 9.05. The Morgan fingerprint density at radius 3 is 2.20 bits per heavy atom. The zero-order chi connectivity index (χ0) is 17.5. The van der Waals surface area contributed by atoms with Gasteiger partial charge in [-0.1, -0.05) is 35.4 Å². The molecule has 1 aliphatic heterocycles. The van der Waals surface area contributed by atoms with E-state index in [-0.39, 0.29) is 46.1 Å². The molecule has 1 aromatic rings. The Morgan fingerprint density at radius 1 is 1.04 bits per heavy atom. The van der Waals surface area contributed by atoms with Gasteiger partial charge in [0.15, 0.2) is 0 Å². The number of amides is 3. The second kappa shape index (κ2) is 5.08. The lowest BCUT2D eigenvalue weighted by Crippen LogP contribution is -2.47. The Kier molecular flexibility index (Phi) is 3.13. The minimum Gasteiger partial charge on any atom is -0.272 e. The Morgan fingerprint density at radius 2 is 1.64 bits per heavy atom. The standard InChI is InChI=1S/C18H14Cl2N2O3/c19-7-1-2-10(13(20)5-7)16(23)21-22-17(24)14-8-3-4-9(12-6-11(8)12)15(14)18(22)25/h1-5,8-9,11-12,14-15H,6H2,(H,21,23)/t8-,9-,11-,12-,14-,15+/m0/s1. The van der Waals surface area contributed by atoms with Crippen LogP contribution in [0.3, 0.4) is 0 Å². The second-order valence-electron chi connectivity index (χ2n) is 7.23. The van der Waals surface area contributed by atoms with E-state index < -0.39 is 5.91 Å². The molecule has 0 aromatic heterocycles. The van der Waals surface area contributed by atoms with Crippen molar-refractivity contribution in [3.05, 3.63) is 46.0 Å². The Balaban J connectivity index is 1.42. The van der Waals surface area contributed by atoms with Crippen LogP contribution in [-0.2, 0) is 9.59 Å². The highest BCUT2D eigenvalue weighted by Gasteiger charge is 2.67. The third kappa shape index (κ3) is 2.06. The molecule has 6 atom stereocenters. The molecule has 3 fully saturated rings. The van der Waals surface area contributed by atoms with Crippen LogP contribution in [-0.4, -0.2) is 22.7 Å². The fourth-order valence-corrected chi connectivity index (χ4v) is 5.40. The normalized spacial score (nSPS) is 37.1. The molecule has 5 nitrogen and oxygen atoms in total. The largest absolute Gasteiger partial charge is 0.272 e. The molecule has 0 unspecified atom stereocenters. The molecule has 0 spiro atoms. The first-order chi connectivity index (χ1) is 12.0. The van der Waals surface area contributed by atoms with Crippen LogP contribution in [0.1, 0.15) is 16.8 Å². The van der Waals surface area contributed by atoms with Crippen molar-refractivity contribution in [3.8, 4) is 0 Å². The van der Waals surface area contributed by atoms with Gasteiger partial charge in [-0.25, -0.2) is 0 Å². The average molecular weight is 377 g/mol. The number of allylic oxidation sites excluding steroid dienone is 2. The third-order valence-corrected chi connectivity index (χ3v) is 6.60. The highest BCUT2D eigenvalue weighted by atomic mass is 35.5. The number of hydrogen-bond acceptors (Lipinski definition) is 3. The molecule has 5 aliphatic rings. The molecule has 0 radical (unpaired) electrons. The van der Waals surface area contributed by atoms with Gasteiger partial charge in [-0.15, -0.1) is 0 Å². The number of rotatable bonds is 2. The third-order valence-electron chi connectivity index (χ3n) is 6.05. The van der Waals surface area contributed by atoms with E-state index in [0.717, 1.165) is 11.4 Å². The maximum Gasteiger partial charge on any atom is 0.271 e. The van der Waals surface area contributed by atoms with Gasteiger partial charge in [0.2, 0.25) is 0 Å². The van der Waals surface area contributed by atoms with E-state index in [9.17, 15) is 14.4 Å². The van der Waals surface area contributed by atoms with Crippen LogP contribution in [0.2, 0.25) is 10.0 Å². The lowest BCUT2D eigenvalue weighted by molar-refractivity contribution is -0.143. The second-order valence-corrected chi connectivity index (χ2v) is 8.08. The number of carbonyl (C=O) groups is 3. The van der Waals surface area contributed by atoms with E-state index in [0.29, 0.717) is 16.9 Å². The summed E-state index contributed by atoms with van der Waals surface area (Å²) >= 11 is 11.9. The van der Waals surface area contributed by atoms with Crippen LogP contribution < -0.4 is 5.43 Å². The zero-order valence-electron chi connectivity index (χ0n) is 13.0. The minimum absolute atomic E-state index is 0.123. The number of carbonyl (C=O) groups excluding carboxylic acids is 3. The van der Waals surface area contributed by atoms with E-state index in [4.69, 9.17) is 23.2 Å². The van der Waals surface area contributed by atoms with Crippen LogP contribution in [0.5, 0.6) is 0 Å². The molecular weight excluding hydrogens is 363 g/mol. The van der Waals surface area contributed by atoms with Gasteiger partial charge in [0.05, 0.1) is 22.4 Å². The summed E-state index contributed by atoms with van der Waals surface area (Å²) in [6.07, 6.45) is 5.28. The summed E-state index contributed by atoms with van der Waals surface area (Å²) in [5.74, 6) is -0.595. The highest BCUT2D eigenvalue weighted by molar-refractivity contribution is 6.36. The number of nitrogens with one attached hydrogen (secondary N) is 1. The quantitative estimate of drug-likeness (QED) is 0.637. The summed E-state index contributed by atoms with van der Waals surface area (Å²) < 4.78 is 0. The van der Waals surface area contributed by atoms with Crippen LogP contribution in [0.4, 0.5) is 0 Å². The first kappa shape index (κ1) is 15.4. The summed E-state index contributed by atoms with van der Waals surface area (Å²) in [5, 5.41) is 1.48.